The molecule has 0 spiro atoms. The molecule has 0 saturated carbocycles. The van der Waals surface area contributed by atoms with Gasteiger partial charge in [-0.2, -0.15) is 4.31 Å². The first-order valence-corrected chi connectivity index (χ1v) is 12.4. The lowest BCUT2D eigenvalue weighted by molar-refractivity contribution is 0.102. The molecule has 1 aromatic carbocycles. The van der Waals surface area contributed by atoms with Crippen LogP contribution in [0.15, 0.2) is 65.0 Å². The Balaban J connectivity index is 1.41. The Hall–Kier alpha value is -2.75. The fourth-order valence-corrected chi connectivity index (χ4v) is 6.18. The minimum atomic E-state index is -3.68. The lowest BCUT2D eigenvalue weighted by atomic mass is 10.2. The topological polar surface area (TPSA) is 88.6 Å². The van der Waals surface area contributed by atoms with Crippen LogP contribution in [0, 0.1) is 0 Å². The van der Waals surface area contributed by atoms with E-state index in [0.29, 0.717) is 31.3 Å². The number of hydrogen-bond donors (Lipinski definition) is 1. The number of amides is 1. The molecule has 9 heteroatoms. The lowest BCUT2D eigenvalue weighted by Crippen LogP contribution is -2.36. The molecule has 1 aliphatic heterocycles. The fraction of sp³-hybridized carbons (Fsp3) is 0.273. The first-order valence-electron chi connectivity index (χ1n) is 10.1. The second-order valence-corrected chi connectivity index (χ2v) is 10.0. The Morgan fingerprint density at radius 1 is 1.06 bits per heavy atom. The number of pyridine rings is 1. The van der Waals surface area contributed by atoms with Crippen LogP contribution >= 0.6 is 11.3 Å². The maximum Gasteiger partial charge on any atom is 0.267 e. The molecule has 4 rings (SSSR count). The van der Waals surface area contributed by atoms with Gasteiger partial charge in [0.2, 0.25) is 15.9 Å². The number of carbonyl (C=O) groups excluding carboxylic acids is 1. The summed E-state index contributed by atoms with van der Waals surface area (Å²) >= 11 is 1.11. The van der Waals surface area contributed by atoms with Gasteiger partial charge in [0.15, 0.2) is 0 Å². The van der Waals surface area contributed by atoms with Crippen molar-refractivity contribution in [3.8, 4) is 5.88 Å². The number of piperidine rings is 1. The summed E-state index contributed by atoms with van der Waals surface area (Å²) in [6.45, 7) is 1.38. The van der Waals surface area contributed by atoms with Crippen molar-refractivity contribution in [1.29, 1.82) is 0 Å². The van der Waals surface area contributed by atoms with E-state index in [1.165, 1.54) is 16.6 Å². The van der Waals surface area contributed by atoms with Crippen molar-refractivity contribution in [2.24, 2.45) is 0 Å². The largest absolute Gasteiger partial charge is 0.473 e. The van der Waals surface area contributed by atoms with Crippen LogP contribution in [0.1, 0.15) is 34.5 Å². The maximum atomic E-state index is 13.0. The second-order valence-electron chi connectivity index (χ2n) is 7.19. The molecule has 1 amide bonds. The van der Waals surface area contributed by atoms with Crippen molar-refractivity contribution in [1.82, 2.24) is 9.29 Å². The summed E-state index contributed by atoms with van der Waals surface area (Å²) in [5.74, 6) is -0.0309. The first-order chi connectivity index (χ1) is 15.0. The molecule has 0 atom stereocenters. The van der Waals surface area contributed by atoms with Gasteiger partial charge in [0.1, 0.15) is 16.4 Å². The van der Waals surface area contributed by atoms with Crippen molar-refractivity contribution in [2.45, 2.75) is 30.8 Å². The zero-order chi connectivity index (χ0) is 21.7. The number of ether oxygens (including phenoxy) is 1. The molecular weight excluding hydrogens is 434 g/mol. The van der Waals surface area contributed by atoms with E-state index in [1.54, 1.807) is 17.5 Å². The molecule has 0 radical (unpaired) electrons. The van der Waals surface area contributed by atoms with Gasteiger partial charge in [0.05, 0.1) is 11.9 Å². The molecule has 0 bridgehead atoms. The van der Waals surface area contributed by atoms with Gasteiger partial charge in [0, 0.05) is 19.2 Å². The zero-order valence-corrected chi connectivity index (χ0v) is 18.5. The van der Waals surface area contributed by atoms with Gasteiger partial charge in [-0.15, -0.1) is 11.3 Å². The molecule has 1 N–H and O–H groups in total. The lowest BCUT2D eigenvalue weighted by Gasteiger charge is -2.25. The van der Waals surface area contributed by atoms with E-state index in [0.717, 1.165) is 36.2 Å². The SMILES string of the molecule is O=C(Nc1ccc(OCc2ccccc2)nc1)c1sccc1S(=O)(=O)N1CCCCC1. The van der Waals surface area contributed by atoms with Gasteiger partial charge in [-0.05, 0) is 35.9 Å². The molecule has 0 unspecified atom stereocenters. The molecular formula is C22H23N3O4S2. The summed E-state index contributed by atoms with van der Waals surface area (Å²) < 4.78 is 33.1. The summed E-state index contributed by atoms with van der Waals surface area (Å²) in [5.41, 5.74) is 1.49. The van der Waals surface area contributed by atoms with Crippen molar-refractivity contribution in [2.75, 3.05) is 18.4 Å². The van der Waals surface area contributed by atoms with E-state index in [2.05, 4.69) is 10.3 Å². The average molecular weight is 458 g/mol. The maximum absolute atomic E-state index is 13.0. The number of nitrogens with one attached hydrogen (secondary N) is 1. The Morgan fingerprint density at radius 2 is 1.84 bits per heavy atom. The minimum Gasteiger partial charge on any atom is -0.473 e. The highest BCUT2D eigenvalue weighted by atomic mass is 32.2. The number of sulfonamides is 1. The number of hydrogen-bond acceptors (Lipinski definition) is 6. The van der Waals surface area contributed by atoms with Crippen LogP contribution in [-0.2, 0) is 16.6 Å². The zero-order valence-electron chi connectivity index (χ0n) is 16.9. The summed E-state index contributed by atoms with van der Waals surface area (Å²) in [6, 6.07) is 14.6. The summed E-state index contributed by atoms with van der Waals surface area (Å²) in [7, 11) is -3.68. The number of thiophene rings is 1. The summed E-state index contributed by atoms with van der Waals surface area (Å²) in [6.07, 6.45) is 4.20. The molecule has 162 valence electrons. The van der Waals surface area contributed by atoms with E-state index in [-0.39, 0.29) is 9.77 Å². The Kier molecular flexibility index (Phi) is 6.64. The standard InChI is InChI=1S/C22H23N3O4S2/c26-22(21-19(11-14-30-21)31(27,28)25-12-5-2-6-13-25)24-18-9-10-20(23-15-18)29-16-17-7-3-1-4-8-17/h1,3-4,7-11,14-15H,2,5-6,12-13,16H2,(H,24,26). The summed E-state index contributed by atoms with van der Waals surface area (Å²) in [4.78, 5) is 17.2. The van der Waals surface area contributed by atoms with Crippen LogP contribution in [0.25, 0.3) is 0 Å². The van der Waals surface area contributed by atoms with E-state index in [1.807, 2.05) is 30.3 Å². The second kappa shape index (κ2) is 9.59. The van der Waals surface area contributed by atoms with Gasteiger partial charge in [0.25, 0.3) is 5.91 Å². The third-order valence-corrected chi connectivity index (χ3v) is 7.98. The Morgan fingerprint density at radius 3 is 2.55 bits per heavy atom. The van der Waals surface area contributed by atoms with Crippen LogP contribution < -0.4 is 10.1 Å². The third kappa shape index (κ3) is 5.12. The number of anilines is 1. The van der Waals surface area contributed by atoms with E-state index >= 15 is 0 Å². The van der Waals surface area contributed by atoms with Crippen LogP contribution in [0.3, 0.4) is 0 Å². The fourth-order valence-electron chi connectivity index (χ4n) is 3.37. The normalized spacial score (nSPS) is 14.8. The highest BCUT2D eigenvalue weighted by molar-refractivity contribution is 7.89. The monoisotopic (exact) mass is 457 g/mol. The predicted molar refractivity (Wildman–Crippen MR) is 120 cm³/mol. The number of benzene rings is 1. The molecule has 7 nitrogen and oxygen atoms in total. The number of carbonyl (C=O) groups is 1. The van der Waals surface area contributed by atoms with Crippen LogP contribution in [0.4, 0.5) is 5.69 Å². The smallest absolute Gasteiger partial charge is 0.267 e. The minimum absolute atomic E-state index is 0.0627. The van der Waals surface area contributed by atoms with Gasteiger partial charge < -0.3 is 10.1 Å². The Labute approximate surface area is 185 Å². The molecule has 1 aliphatic rings. The molecule has 1 saturated heterocycles. The summed E-state index contributed by atoms with van der Waals surface area (Å²) in [5, 5.41) is 4.36. The predicted octanol–water partition coefficient (Wildman–Crippen LogP) is 4.15. The van der Waals surface area contributed by atoms with Crippen molar-refractivity contribution in [3.05, 3.63) is 70.5 Å². The molecule has 0 aliphatic carbocycles. The van der Waals surface area contributed by atoms with Crippen molar-refractivity contribution < 1.29 is 17.9 Å². The van der Waals surface area contributed by atoms with Gasteiger partial charge in [-0.3, -0.25) is 4.79 Å². The molecule has 1 fully saturated rings. The van der Waals surface area contributed by atoms with Gasteiger partial charge in [-0.1, -0.05) is 36.8 Å². The quantitative estimate of drug-likeness (QED) is 0.576. The van der Waals surface area contributed by atoms with Crippen LogP contribution in [-0.4, -0.2) is 36.7 Å². The van der Waals surface area contributed by atoms with E-state index in [4.69, 9.17) is 4.74 Å². The van der Waals surface area contributed by atoms with Gasteiger partial charge in [-0.25, -0.2) is 13.4 Å². The van der Waals surface area contributed by atoms with Crippen molar-refractivity contribution in [3.63, 3.8) is 0 Å². The number of aromatic nitrogens is 1. The first kappa shape index (κ1) is 21.5. The highest BCUT2D eigenvalue weighted by Crippen LogP contribution is 2.28. The highest BCUT2D eigenvalue weighted by Gasteiger charge is 2.31. The van der Waals surface area contributed by atoms with Crippen LogP contribution in [0.2, 0.25) is 0 Å². The molecule has 3 aromatic rings. The number of nitrogens with zero attached hydrogens (tertiary/aromatic N) is 2. The average Bonchev–Trinajstić information content (AvgIpc) is 3.31. The Bertz CT molecular complexity index is 1120. The van der Waals surface area contributed by atoms with E-state index in [9.17, 15) is 13.2 Å². The molecule has 31 heavy (non-hydrogen) atoms. The molecule has 2 aromatic heterocycles. The molecule has 3 heterocycles. The third-order valence-electron chi connectivity index (χ3n) is 4.99. The van der Waals surface area contributed by atoms with E-state index < -0.39 is 15.9 Å². The van der Waals surface area contributed by atoms with Crippen LogP contribution in [0.5, 0.6) is 5.88 Å². The van der Waals surface area contributed by atoms with Gasteiger partial charge >= 0.3 is 0 Å². The number of rotatable bonds is 7. The van der Waals surface area contributed by atoms with Crippen molar-refractivity contribution >= 4 is 33.0 Å².